The Morgan fingerprint density at radius 1 is 1.44 bits per heavy atom. The van der Waals surface area contributed by atoms with Gasteiger partial charge in [0, 0.05) is 0 Å². The first kappa shape index (κ1) is 5.72. The molecule has 2 aliphatic rings. The van der Waals surface area contributed by atoms with Gasteiger partial charge in [0.25, 0.3) is 0 Å². The topological polar surface area (TPSA) is 20.2 Å². The Kier molecular flexibility index (Phi) is 0.963. The van der Waals surface area contributed by atoms with E-state index in [-0.39, 0.29) is 5.60 Å². The molecule has 0 aromatic carbocycles. The summed E-state index contributed by atoms with van der Waals surface area (Å²) in [7, 11) is 0. The lowest BCUT2D eigenvalue weighted by Gasteiger charge is -2.27. The molecule has 0 aromatic rings. The Bertz CT molecular complexity index is 129. The predicted octanol–water partition coefficient (Wildman–Crippen LogP) is 1.56. The van der Waals surface area contributed by atoms with Gasteiger partial charge < -0.3 is 5.11 Å². The van der Waals surface area contributed by atoms with Gasteiger partial charge in [0.1, 0.15) is 0 Å². The van der Waals surface area contributed by atoms with Crippen LogP contribution in [-0.2, 0) is 0 Å². The fraction of sp³-hybridized carbons (Fsp3) is 1.00. The normalized spacial score (nSPS) is 56.7. The maximum Gasteiger partial charge on any atom is 0.0650 e. The van der Waals surface area contributed by atoms with Gasteiger partial charge in [-0.25, -0.2) is 0 Å². The SMILES string of the molecule is C[C@@]1(O)CC2CCC1C2. The van der Waals surface area contributed by atoms with Gasteiger partial charge >= 0.3 is 0 Å². The summed E-state index contributed by atoms with van der Waals surface area (Å²) in [6.45, 7) is 2.00. The summed E-state index contributed by atoms with van der Waals surface area (Å²) in [4.78, 5) is 0. The number of fused-ring (bicyclic) bond motifs is 2. The molecule has 1 nitrogen and oxygen atoms in total. The van der Waals surface area contributed by atoms with Crippen molar-refractivity contribution in [3.8, 4) is 0 Å². The van der Waals surface area contributed by atoms with E-state index in [4.69, 9.17) is 0 Å². The summed E-state index contributed by atoms with van der Waals surface area (Å²) in [6.07, 6.45) is 5.02. The maximum absolute atomic E-state index is 9.68. The molecule has 2 unspecified atom stereocenters. The summed E-state index contributed by atoms with van der Waals surface area (Å²) in [5.41, 5.74) is -0.289. The Morgan fingerprint density at radius 2 is 2.22 bits per heavy atom. The summed E-state index contributed by atoms with van der Waals surface area (Å²) >= 11 is 0. The molecule has 2 rings (SSSR count). The minimum Gasteiger partial charge on any atom is -0.390 e. The van der Waals surface area contributed by atoms with Gasteiger partial charge in [0.15, 0.2) is 0 Å². The smallest absolute Gasteiger partial charge is 0.0650 e. The van der Waals surface area contributed by atoms with Gasteiger partial charge in [-0.3, -0.25) is 0 Å². The highest BCUT2D eigenvalue weighted by Crippen LogP contribution is 2.50. The maximum atomic E-state index is 9.68. The molecule has 2 saturated carbocycles. The molecule has 0 radical (unpaired) electrons. The van der Waals surface area contributed by atoms with Crippen molar-refractivity contribution in [2.75, 3.05) is 0 Å². The van der Waals surface area contributed by atoms with Crippen LogP contribution in [0.15, 0.2) is 0 Å². The lowest BCUT2D eigenvalue weighted by atomic mass is 9.86. The Morgan fingerprint density at radius 3 is 2.44 bits per heavy atom. The molecule has 0 amide bonds. The van der Waals surface area contributed by atoms with Crippen LogP contribution in [-0.4, -0.2) is 10.7 Å². The fourth-order valence-corrected chi connectivity index (χ4v) is 2.58. The zero-order valence-electron chi connectivity index (χ0n) is 5.93. The lowest BCUT2D eigenvalue weighted by molar-refractivity contribution is 0.00531. The second-order valence-corrected chi connectivity index (χ2v) is 3.94. The van der Waals surface area contributed by atoms with Crippen molar-refractivity contribution in [3.63, 3.8) is 0 Å². The zero-order valence-corrected chi connectivity index (χ0v) is 5.93. The van der Waals surface area contributed by atoms with E-state index in [1.54, 1.807) is 0 Å². The quantitative estimate of drug-likeness (QED) is 0.522. The molecular weight excluding hydrogens is 112 g/mol. The molecule has 2 fully saturated rings. The first-order valence-electron chi connectivity index (χ1n) is 3.91. The molecule has 0 heterocycles. The molecule has 9 heavy (non-hydrogen) atoms. The highest BCUT2D eigenvalue weighted by molar-refractivity contribution is 4.98. The van der Waals surface area contributed by atoms with Crippen LogP contribution in [0.5, 0.6) is 0 Å². The predicted molar refractivity (Wildman–Crippen MR) is 36.1 cm³/mol. The van der Waals surface area contributed by atoms with E-state index in [0.29, 0.717) is 5.92 Å². The first-order chi connectivity index (χ1) is 4.18. The summed E-state index contributed by atoms with van der Waals surface area (Å²) in [5, 5.41) is 9.68. The molecule has 0 saturated heterocycles. The molecule has 1 heteroatoms. The molecule has 0 aromatic heterocycles. The van der Waals surface area contributed by atoms with Crippen molar-refractivity contribution >= 4 is 0 Å². The number of rotatable bonds is 0. The summed E-state index contributed by atoms with van der Waals surface area (Å²) in [6, 6.07) is 0. The number of aliphatic hydroxyl groups is 1. The van der Waals surface area contributed by atoms with Crippen molar-refractivity contribution in [2.45, 2.75) is 38.2 Å². The van der Waals surface area contributed by atoms with Crippen molar-refractivity contribution in [1.29, 1.82) is 0 Å². The summed E-state index contributed by atoms with van der Waals surface area (Å²) < 4.78 is 0. The van der Waals surface area contributed by atoms with E-state index >= 15 is 0 Å². The molecule has 2 bridgehead atoms. The van der Waals surface area contributed by atoms with Gasteiger partial charge in [-0.05, 0) is 44.4 Å². The largest absolute Gasteiger partial charge is 0.390 e. The highest BCUT2D eigenvalue weighted by atomic mass is 16.3. The third-order valence-corrected chi connectivity index (χ3v) is 3.12. The van der Waals surface area contributed by atoms with Crippen LogP contribution in [0.2, 0.25) is 0 Å². The molecule has 0 spiro atoms. The monoisotopic (exact) mass is 126 g/mol. The average Bonchev–Trinajstić information content (AvgIpc) is 2.19. The standard InChI is InChI=1S/C8H14O/c1-8(9)5-6-2-3-7(8)4-6/h6-7,9H,2-5H2,1H3/t6?,7?,8-/m1/s1. The number of hydrogen-bond donors (Lipinski definition) is 1. The first-order valence-corrected chi connectivity index (χ1v) is 3.91. The second kappa shape index (κ2) is 1.51. The van der Waals surface area contributed by atoms with E-state index in [0.717, 1.165) is 12.3 Å². The minimum absolute atomic E-state index is 0.289. The van der Waals surface area contributed by atoms with Gasteiger partial charge in [-0.15, -0.1) is 0 Å². The van der Waals surface area contributed by atoms with Crippen LogP contribution in [0.4, 0.5) is 0 Å². The van der Waals surface area contributed by atoms with Crippen LogP contribution in [0.25, 0.3) is 0 Å². The molecule has 0 aliphatic heterocycles. The van der Waals surface area contributed by atoms with E-state index < -0.39 is 0 Å². The lowest BCUT2D eigenvalue weighted by Crippen LogP contribution is -2.30. The fourth-order valence-electron chi connectivity index (χ4n) is 2.58. The van der Waals surface area contributed by atoms with E-state index in [9.17, 15) is 5.11 Å². The van der Waals surface area contributed by atoms with Crippen molar-refractivity contribution < 1.29 is 5.11 Å². The van der Waals surface area contributed by atoms with Crippen LogP contribution in [0, 0.1) is 11.8 Å². The zero-order chi connectivity index (χ0) is 6.48. The van der Waals surface area contributed by atoms with Gasteiger partial charge in [0.2, 0.25) is 0 Å². The van der Waals surface area contributed by atoms with Crippen molar-refractivity contribution in [3.05, 3.63) is 0 Å². The molecule has 1 N–H and O–H groups in total. The van der Waals surface area contributed by atoms with Crippen LogP contribution in [0.3, 0.4) is 0 Å². The average molecular weight is 126 g/mol. The third kappa shape index (κ3) is 0.710. The van der Waals surface area contributed by atoms with Crippen LogP contribution < -0.4 is 0 Å². The highest BCUT2D eigenvalue weighted by Gasteiger charge is 2.46. The van der Waals surface area contributed by atoms with E-state index in [2.05, 4.69) is 0 Å². The Hall–Kier alpha value is -0.0400. The Labute approximate surface area is 56.1 Å². The van der Waals surface area contributed by atoms with Gasteiger partial charge in [-0.2, -0.15) is 0 Å². The second-order valence-electron chi connectivity index (χ2n) is 3.94. The molecule has 3 atom stereocenters. The van der Waals surface area contributed by atoms with Crippen molar-refractivity contribution in [1.82, 2.24) is 0 Å². The van der Waals surface area contributed by atoms with E-state index in [1.807, 2.05) is 6.92 Å². The molecular formula is C8H14O. The van der Waals surface area contributed by atoms with Crippen LogP contribution in [0.1, 0.15) is 32.6 Å². The summed E-state index contributed by atoms with van der Waals surface area (Å²) in [5.74, 6) is 1.51. The molecule has 2 aliphatic carbocycles. The van der Waals surface area contributed by atoms with Gasteiger partial charge in [0.05, 0.1) is 5.60 Å². The molecule has 52 valence electrons. The van der Waals surface area contributed by atoms with E-state index in [1.165, 1.54) is 19.3 Å². The van der Waals surface area contributed by atoms with Gasteiger partial charge in [-0.1, -0.05) is 0 Å². The third-order valence-electron chi connectivity index (χ3n) is 3.12. The van der Waals surface area contributed by atoms with Crippen molar-refractivity contribution in [2.24, 2.45) is 11.8 Å². The van der Waals surface area contributed by atoms with Crippen LogP contribution >= 0.6 is 0 Å². The Balaban J connectivity index is 2.18. The minimum atomic E-state index is -0.289. The number of hydrogen-bond acceptors (Lipinski definition) is 1.